The average Bonchev–Trinajstić information content (AvgIpc) is 3.48. The number of anilines is 2. The number of benzene rings is 2. The lowest BCUT2D eigenvalue weighted by Gasteiger charge is -2.24. The molecular formula is C31H33ClF2N8O. The van der Waals surface area contributed by atoms with E-state index >= 15 is 0 Å². The first-order valence-corrected chi connectivity index (χ1v) is 14.1. The number of pyridine rings is 2. The van der Waals surface area contributed by atoms with E-state index in [1.165, 1.54) is 11.2 Å². The molecule has 0 radical (unpaired) electrons. The van der Waals surface area contributed by atoms with Gasteiger partial charge in [-0.1, -0.05) is 44.5 Å². The van der Waals surface area contributed by atoms with E-state index in [-0.39, 0.29) is 5.41 Å². The second-order valence-electron chi connectivity index (χ2n) is 11.5. The van der Waals surface area contributed by atoms with Gasteiger partial charge in [0.2, 0.25) is 5.88 Å². The van der Waals surface area contributed by atoms with Crippen LogP contribution in [0.4, 0.5) is 20.2 Å². The average molecular weight is 607 g/mol. The smallest absolute Gasteiger partial charge is 0.221 e. The second-order valence-corrected chi connectivity index (χ2v) is 11.9. The van der Waals surface area contributed by atoms with Crippen molar-refractivity contribution in [3.63, 3.8) is 0 Å². The van der Waals surface area contributed by atoms with Crippen LogP contribution in [0.5, 0.6) is 5.88 Å². The van der Waals surface area contributed by atoms with Gasteiger partial charge in [-0.05, 0) is 40.6 Å². The number of hydrogen-bond acceptors (Lipinski definition) is 9. The molecule has 0 saturated carbocycles. The number of nitrogens with one attached hydrogen (secondary N) is 4. The molecular weight excluding hydrogens is 574 g/mol. The lowest BCUT2D eigenvalue weighted by Crippen LogP contribution is -2.45. The molecule has 224 valence electrons. The van der Waals surface area contributed by atoms with Crippen LogP contribution in [0.1, 0.15) is 37.9 Å². The summed E-state index contributed by atoms with van der Waals surface area (Å²) in [4.78, 5) is 8.80. The molecule has 0 bridgehead atoms. The highest BCUT2D eigenvalue weighted by atomic mass is 35.5. The monoisotopic (exact) mass is 606 g/mol. The number of hydrogen-bond donors (Lipinski definition) is 4. The van der Waals surface area contributed by atoms with E-state index in [1.807, 2.05) is 30.3 Å². The van der Waals surface area contributed by atoms with E-state index in [1.54, 1.807) is 25.6 Å². The number of rotatable bonds is 10. The Kier molecular flexibility index (Phi) is 8.71. The Morgan fingerprint density at radius 1 is 1.12 bits per heavy atom. The zero-order valence-electron chi connectivity index (χ0n) is 24.3. The van der Waals surface area contributed by atoms with Crippen molar-refractivity contribution in [3.8, 4) is 11.9 Å². The third-order valence-electron chi connectivity index (χ3n) is 7.13. The van der Waals surface area contributed by atoms with Crippen LogP contribution in [0, 0.1) is 16.7 Å². The van der Waals surface area contributed by atoms with Gasteiger partial charge in [0.1, 0.15) is 25.5 Å². The number of fused-ring (bicyclic) bond motifs is 2. The molecule has 2 aromatic carbocycles. The van der Waals surface area contributed by atoms with Crippen molar-refractivity contribution >= 4 is 44.7 Å². The van der Waals surface area contributed by atoms with Gasteiger partial charge in [0.15, 0.2) is 0 Å². The van der Waals surface area contributed by atoms with Crippen LogP contribution in [-0.4, -0.2) is 48.0 Å². The number of alkyl halides is 2. The summed E-state index contributed by atoms with van der Waals surface area (Å²) in [7, 11) is 1.56. The molecule has 0 unspecified atom stereocenters. The van der Waals surface area contributed by atoms with E-state index in [9.17, 15) is 14.0 Å². The standard InChI is InChI=1S/C31H33ClF2N8O/c1-31(2,3)17-38-27-18(14-35)15-37-28-24(27)10-19(11-25(28)32)39-29(26-16-42(41-40-26)20(12-33)13-34)22-6-5-7-23-21(22)8-9-36-30(23)43-4/h5-11,15-16,20,29,39-41H,12-13,17H2,1-4H3,(H,37,38)/t29-/m0/s1. The van der Waals surface area contributed by atoms with E-state index in [0.717, 1.165) is 16.3 Å². The summed E-state index contributed by atoms with van der Waals surface area (Å²) >= 11 is 6.77. The molecule has 2 aromatic heterocycles. The summed E-state index contributed by atoms with van der Waals surface area (Å²) in [6.45, 7) is 5.18. The second kappa shape index (κ2) is 12.5. The van der Waals surface area contributed by atoms with Crippen LogP contribution < -0.4 is 26.3 Å². The maximum atomic E-state index is 13.6. The molecule has 4 N–H and O–H groups in total. The molecule has 1 aliphatic rings. The molecule has 0 fully saturated rings. The Balaban J connectivity index is 1.65. The summed E-state index contributed by atoms with van der Waals surface area (Å²) in [5.41, 5.74) is 9.60. The predicted molar refractivity (Wildman–Crippen MR) is 166 cm³/mol. The lowest BCUT2D eigenvalue weighted by atomic mass is 9.96. The number of methoxy groups -OCH3 is 1. The fourth-order valence-electron chi connectivity index (χ4n) is 4.96. The Morgan fingerprint density at radius 2 is 1.91 bits per heavy atom. The van der Waals surface area contributed by atoms with E-state index in [4.69, 9.17) is 16.3 Å². The van der Waals surface area contributed by atoms with Gasteiger partial charge in [-0.15, -0.1) is 5.53 Å². The van der Waals surface area contributed by atoms with Crippen LogP contribution in [0.2, 0.25) is 5.02 Å². The van der Waals surface area contributed by atoms with E-state index in [2.05, 4.69) is 58.4 Å². The van der Waals surface area contributed by atoms with Gasteiger partial charge in [-0.2, -0.15) is 5.26 Å². The van der Waals surface area contributed by atoms with Crippen molar-refractivity contribution in [3.05, 3.63) is 76.8 Å². The van der Waals surface area contributed by atoms with Crippen molar-refractivity contribution in [2.75, 3.05) is 37.6 Å². The summed E-state index contributed by atoms with van der Waals surface area (Å²) < 4.78 is 32.6. The highest BCUT2D eigenvalue weighted by Crippen LogP contribution is 2.38. The fraction of sp³-hybridized carbons (Fsp3) is 0.323. The van der Waals surface area contributed by atoms with Gasteiger partial charge in [-0.25, -0.2) is 13.8 Å². The lowest BCUT2D eigenvalue weighted by molar-refractivity contribution is 0.139. The number of hydrazine groups is 2. The van der Waals surface area contributed by atoms with Crippen molar-refractivity contribution in [1.29, 1.82) is 5.26 Å². The highest BCUT2D eigenvalue weighted by molar-refractivity contribution is 6.35. The maximum absolute atomic E-state index is 13.6. The molecule has 3 heterocycles. The number of nitrogens with zero attached hydrogens (tertiary/aromatic N) is 4. The molecule has 12 heteroatoms. The zero-order chi connectivity index (χ0) is 30.7. The quantitative estimate of drug-likeness (QED) is 0.163. The van der Waals surface area contributed by atoms with Gasteiger partial charge in [0, 0.05) is 41.6 Å². The van der Waals surface area contributed by atoms with Gasteiger partial charge >= 0.3 is 0 Å². The number of nitriles is 1. The number of aromatic nitrogens is 2. The van der Waals surface area contributed by atoms with Gasteiger partial charge in [0.05, 0.1) is 40.6 Å². The minimum atomic E-state index is -0.996. The third kappa shape index (κ3) is 6.21. The zero-order valence-corrected chi connectivity index (χ0v) is 25.1. The summed E-state index contributed by atoms with van der Waals surface area (Å²) in [6, 6.07) is 12.0. The molecule has 0 saturated heterocycles. The molecule has 0 spiro atoms. The van der Waals surface area contributed by atoms with Crippen LogP contribution in [0.15, 0.2) is 60.7 Å². The van der Waals surface area contributed by atoms with Crippen molar-refractivity contribution in [1.82, 2.24) is 25.9 Å². The predicted octanol–water partition coefficient (Wildman–Crippen LogP) is 6.40. The van der Waals surface area contributed by atoms with Gasteiger partial charge in [0.25, 0.3) is 0 Å². The molecule has 1 atom stereocenters. The van der Waals surface area contributed by atoms with Crippen molar-refractivity contribution < 1.29 is 13.5 Å². The van der Waals surface area contributed by atoms with Crippen LogP contribution in [-0.2, 0) is 0 Å². The molecule has 0 amide bonds. The molecule has 4 aromatic rings. The van der Waals surface area contributed by atoms with E-state index < -0.39 is 25.4 Å². The first-order valence-electron chi connectivity index (χ1n) is 13.8. The molecule has 0 aliphatic carbocycles. The van der Waals surface area contributed by atoms with E-state index in [0.29, 0.717) is 51.0 Å². The molecule has 5 rings (SSSR count). The Labute approximate surface area is 253 Å². The number of ether oxygens (including phenoxy) is 1. The Bertz CT molecular complexity index is 1710. The first-order chi connectivity index (χ1) is 20.7. The largest absolute Gasteiger partial charge is 0.481 e. The highest BCUT2D eigenvalue weighted by Gasteiger charge is 2.28. The molecule has 1 aliphatic heterocycles. The molecule has 9 nitrogen and oxygen atoms in total. The van der Waals surface area contributed by atoms with Crippen LogP contribution in [0.3, 0.4) is 0 Å². The minimum Gasteiger partial charge on any atom is -0.481 e. The molecule has 43 heavy (non-hydrogen) atoms. The first kappa shape index (κ1) is 30.1. The topological polar surface area (TPSA) is 110 Å². The normalized spacial score (nSPS) is 14.0. The van der Waals surface area contributed by atoms with Gasteiger partial charge < -0.3 is 20.8 Å². The van der Waals surface area contributed by atoms with Gasteiger partial charge in [-0.3, -0.25) is 9.99 Å². The number of halogens is 3. The maximum Gasteiger partial charge on any atom is 0.221 e. The van der Waals surface area contributed by atoms with Crippen LogP contribution in [0.25, 0.3) is 21.7 Å². The Hall–Kier alpha value is -4.40. The SMILES string of the molecule is COc1nccc2c([C@H](Nc3cc(Cl)c4ncc(C#N)c(NCC(C)(C)C)c4c3)C3=CN(C(CF)CF)NN3)cccc12. The minimum absolute atomic E-state index is 0.0477. The summed E-state index contributed by atoms with van der Waals surface area (Å²) in [5, 5.41) is 21.0. The van der Waals surface area contributed by atoms with Crippen molar-refractivity contribution in [2.45, 2.75) is 32.9 Å². The van der Waals surface area contributed by atoms with Crippen molar-refractivity contribution in [2.24, 2.45) is 5.41 Å². The Morgan fingerprint density at radius 3 is 2.60 bits per heavy atom. The summed E-state index contributed by atoms with van der Waals surface area (Å²) in [5.74, 6) is 0.472. The third-order valence-corrected chi connectivity index (χ3v) is 7.42. The fourth-order valence-corrected chi connectivity index (χ4v) is 5.23. The van der Waals surface area contributed by atoms with Crippen LogP contribution >= 0.6 is 11.6 Å². The summed E-state index contributed by atoms with van der Waals surface area (Å²) in [6.07, 6.45) is 4.83.